The Bertz CT molecular complexity index is 501. The van der Waals surface area contributed by atoms with Crippen molar-refractivity contribution >= 4 is 11.3 Å². The van der Waals surface area contributed by atoms with Crippen LogP contribution in [0.3, 0.4) is 0 Å². The zero-order chi connectivity index (χ0) is 12.4. The summed E-state index contributed by atoms with van der Waals surface area (Å²) in [5.41, 5.74) is 1.83. The van der Waals surface area contributed by atoms with Gasteiger partial charge in [0.25, 0.3) is 0 Å². The Hall–Kier alpha value is -1.13. The molecule has 0 aliphatic rings. The van der Waals surface area contributed by atoms with Gasteiger partial charge < -0.3 is 5.11 Å². The van der Waals surface area contributed by atoms with Crippen molar-refractivity contribution in [2.24, 2.45) is 7.05 Å². The fourth-order valence-electron chi connectivity index (χ4n) is 1.96. The molecule has 1 unspecified atom stereocenters. The maximum atomic E-state index is 10.2. The molecular weight excluding hydrogens is 232 g/mol. The summed E-state index contributed by atoms with van der Waals surface area (Å²) >= 11 is 1.78. The highest BCUT2D eigenvalue weighted by Crippen LogP contribution is 2.24. The minimum Gasteiger partial charge on any atom is -0.386 e. The maximum Gasteiger partial charge on any atom is 0.100 e. The van der Waals surface area contributed by atoms with E-state index >= 15 is 0 Å². The summed E-state index contributed by atoms with van der Waals surface area (Å²) < 4.78 is 1.76. The average molecular weight is 250 g/mol. The van der Waals surface area contributed by atoms with Crippen molar-refractivity contribution in [3.8, 4) is 0 Å². The van der Waals surface area contributed by atoms with Crippen LogP contribution in [0.4, 0.5) is 0 Å². The number of hydrogen-bond donors (Lipinski definition) is 1. The van der Waals surface area contributed by atoms with Crippen LogP contribution in [0.1, 0.15) is 34.2 Å². The van der Waals surface area contributed by atoms with Gasteiger partial charge >= 0.3 is 0 Å². The molecule has 1 atom stereocenters. The van der Waals surface area contributed by atoms with Gasteiger partial charge in [0.05, 0.1) is 11.4 Å². The summed E-state index contributed by atoms with van der Waals surface area (Å²) in [7, 11) is 1.87. The van der Waals surface area contributed by atoms with E-state index in [1.54, 1.807) is 16.0 Å². The number of aryl methyl sites for hydroxylation is 3. The van der Waals surface area contributed by atoms with Crippen molar-refractivity contribution in [3.05, 3.63) is 39.3 Å². The number of thiophene rings is 1. The number of nitrogens with zero attached hydrogens (tertiary/aromatic N) is 2. The molecule has 0 bridgehead atoms. The number of hydrogen-bond acceptors (Lipinski definition) is 3. The predicted octanol–water partition coefficient (Wildman–Crippen LogP) is 2.63. The molecule has 4 heteroatoms. The van der Waals surface area contributed by atoms with Crippen LogP contribution in [-0.4, -0.2) is 14.9 Å². The number of rotatable bonds is 4. The third-order valence-corrected chi connectivity index (χ3v) is 4.09. The first-order valence-electron chi connectivity index (χ1n) is 5.86. The van der Waals surface area contributed by atoms with E-state index in [0.29, 0.717) is 6.42 Å². The largest absolute Gasteiger partial charge is 0.386 e. The van der Waals surface area contributed by atoms with Gasteiger partial charge in [-0.2, -0.15) is 5.10 Å². The minimum atomic E-state index is -0.468. The van der Waals surface area contributed by atoms with Gasteiger partial charge in [-0.1, -0.05) is 6.92 Å². The summed E-state index contributed by atoms with van der Waals surface area (Å²) in [6.07, 6.45) is 1.26. The van der Waals surface area contributed by atoms with Gasteiger partial charge in [-0.05, 0) is 31.5 Å². The van der Waals surface area contributed by atoms with Crippen LogP contribution in [0.2, 0.25) is 0 Å². The highest BCUT2D eigenvalue weighted by molar-refractivity contribution is 7.11. The van der Waals surface area contributed by atoms with Crippen LogP contribution in [0, 0.1) is 6.92 Å². The van der Waals surface area contributed by atoms with E-state index < -0.39 is 6.10 Å². The molecule has 0 aromatic carbocycles. The number of aliphatic hydroxyl groups excluding tert-OH is 1. The lowest BCUT2D eigenvalue weighted by Crippen LogP contribution is -2.07. The van der Waals surface area contributed by atoms with Crippen LogP contribution in [0.15, 0.2) is 18.2 Å². The summed E-state index contributed by atoms with van der Waals surface area (Å²) in [6.45, 7) is 4.09. The van der Waals surface area contributed by atoms with Crippen LogP contribution >= 0.6 is 11.3 Å². The molecule has 0 aliphatic carbocycles. The highest BCUT2D eigenvalue weighted by atomic mass is 32.1. The fraction of sp³-hybridized carbons (Fsp3) is 0.462. The van der Waals surface area contributed by atoms with Gasteiger partial charge in [0.1, 0.15) is 6.10 Å². The van der Waals surface area contributed by atoms with Gasteiger partial charge in [-0.25, -0.2) is 0 Å². The van der Waals surface area contributed by atoms with Gasteiger partial charge in [0, 0.05) is 23.2 Å². The Balaban J connectivity index is 2.11. The Kier molecular flexibility index (Phi) is 3.64. The topological polar surface area (TPSA) is 38.1 Å². The molecule has 0 saturated heterocycles. The van der Waals surface area contributed by atoms with Gasteiger partial charge in [0.15, 0.2) is 0 Å². The van der Waals surface area contributed by atoms with Crippen molar-refractivity contribution in [2.75, 3.05) is 0 Å². The zero-order valence-electron chi connectivity index (χ0n) is 10.5. The van der Waals surface area contributed by atoms with Crippen LogP contribution in [0.5, 0.6) is 0 Å². The molecule has 92 valence electrons. The number of aliphatic hydroxyl groups is 1. The lowest BCUT2D eigenvalue weighted by atomic mass is 10.1. The van der Waals surface area contributed by atoms with E-state index in [1.165, 1.54) is 9.75 Å². The SMILES string of the molecule is CCc1ccc(CC(O)c2cc(C)nn2C)s1. The van der Waals surface area contributed by atoms with E-state index in [4.69, 9.17) is 0 Å². The summed E-state index contributed by atoms with van der Waals surface area (Å²) in [5, 5.41) is 14.5. The molecule has 0 amide bonds. The van der Waals surface area contributed by atoms with Crippen molar-refractivity contribution < 1.29 is 5.11 Å². The number of aromatic nitrogens is 2. The average Bonchev–Trinajstić information content (AvgIpc) is 2.85. The van der Waals surface area contributed by atoms with E-state index in [0.717, 1.165) is 17.8 Å². The molecule has 17 heavy (non-hydrogen) atoms. The molecule has 1 N–H and O–H groups in total. The summed E-state index contributed by atoms with van der Waals surface area (Å²) in [5.74, 6) is 0. The molecular formula is C13H18N2OS. The normalized spacial score (nSPS) is 12.9. The van der Waals surface area contributed by atoms with E-state index in [9.17, 15) is 5.11 Å². The predicted molar refractivity (Wildman–Crippen MR) is 70.3 cm³/mol. The van der Waals surface area contributed by atoms with E-state index in [1.807, 2.05) is 20.0 Å². The summed E-state index contributed by atoms with van der Waals surface area (Å²) in [4.78, 5) is 2.60. The van der Waals surface area contributed by atoms with Gasteiger partial charge in [0.2, 0.25) is 0 Å². The van der Waals surface area contributed by atoms with Crippen LogP contribution < -0.4 is 0 Å². The third-order valence-electron chi connectivity index (χ3n) is 2.84. The molecule has 0 radical (unpaired) electrons. The second kappa shape index (κ2) is 5.02. The van der Waals surface area contributed by atoms with Gasteiger partial charge in [-0.15, -0.1) is 11.3 Å². The molecule has 2 aromatic rings. The Labute approximate surface area is 106 Å². The summed E-state index contributed by atoms with van der Waals surface area (Å²) in [6, 6.07) is 6.19. The van der Waals surface area contributed by atoms with E-state index in [2.05, 4.69) is 24.2 Å². The molecule has 0 spiro atoms. The van der Waals surface area contributed by atoms with Crippen LogP contribution in [-0.2, 0) is 19.9 Å². The molecule has 2 rings (SSSR count). The van der Waals surface area contributed by atoms with E-state index in [-0.39, 0.29) is 0 Å². The Morgan fingerprint density at radius 1 is 1.41 bits per heavy atom. The second-order valence-electron chi connectivity index (χ2n) is 4.28. The molecule has 2 aromatic heterocycles. The van der Waals surface area contributed by atoms with Crippen molar-refractivity contribution in [2.45, 2.75) is 32.8 Å². The monoisotopic (exact) mass is 250 g/mol. The molecule has 0 fully saturated rings. The standard InChI is InChI=1S/C13H18N2OS/c1-4-10-5-6-11(17-10)8-13(16)12-7-9(2)14-15(12)3/h5-7,13,16H,4,8H2,1-3H3. The van der Waals surface area contributed by atoms with Gasteiger partial charge in [-0.3, -0.25) is 4.68 Å². The first-order chi connectivity index (χ1) is 8.10. The fourth-order valence-corrected chi connectivity index (χ4v) is 2.95. The quantitative estimate of drug-likeness (QED) is 0.906. The molecule has 0 saturated carbocycles. The first-order valence-corrected chi connectivity index (χ1v) is 6.68. The lowest BCUT2D eigenvalue weighted by molar-refractivity contribution is 0.169. The van der Waals surface area contributed by atoms with Crippen molar-refractivity contribution in [1.29, 1.82) is 0 Å². The van der Waals surface area contributed by atoms with Crippen molar-refractivity contribution in [1.82, 2.24) is 9.78 Å². The maximum absolute atomic E-state index is 10.2. The molecule has 3 nitrogen and oxygen atoms in total. The van der Waals surface area contributed by atoms with Crippen LogP contribution in [0.25, 0.3) is 0 Å². The lowest BCUT2D eigenvalue weighted by Gasteiger charge is -2.09. The second-order valence-corrected chi connectivity index (χ2v) is 5.53. The zero-order valence-corrected chi connectivity index (χ0v) is 11.3. The van der Waals surface area contributed by atoms with Crippen molar-refractivity contribution in [3.63, 3.8) is 0 Å². The third kappa shape index (κ3) is 2.76. The highest BCUT2D eigenvalue weighted by Gasteiger charge is 2.14. The smallest absolute Gasteiger partial charge is 0.100 e. The Morgan fingerprint density at radius 3 is 2.65 bits per heavy atom. The minimum absolute atomic E-state index is 0.468. The molecule has 2 heterocycles. The molecule has 0 aliphatic heterocycles. The Morgan fingerprint density at radius 2 is 2.12 bits per heavy atom. The first kappa shape index (κ1) is 12.3.